The fraction of sp³-hybridized carbons (Fsp3) is 0.409. The molecular formula is C22H29BrN2O5S. The number of ether oxygens (including phenoxy) is 2. The van der Waals surface area contributed by atoms with Gasteiger partial charge in [0.2, 0.25) is 10.0 Å². The average Bonchev–Trinajstić information content (AvgIpc) is 2.75. The Hall–Kier alpha value is -1.94. The van der Waals surface area contributed by atoms with Gasteiger partial charge in [0.15, 0.2) is 0 Å². The number of hydrogen-bond acceptors (Lipinski definition) is 5. The second-order valence-corrected chi connectivity index (χ2v) is 9.72. The Balaban J connectivity index is 2.18. The number of methoxy groups -OCH3 is 1. The molecule has 0 saturated heterocycles. The number of rotatable bonds is 12. The molecule has 31 heavy (non-hydrogen) atoms. The van der Waals surface area contributed by atoms with Gasteiger partial charge in [-0.1, -0.05) is 29.8 Å². The minimum absolute atomic E-state index is 0.207. The van der Waals surface area contributed by atoms with Gasteiger partial charge in [0.25, 0.3) is 5.91 Å². The van der Waals surface area contributed by atoms with Gasteiger partial charge in [-0.25, -0.2) is 8.42 Å². The number of carbonyl (C=O) groups is 1. The molecule has 2 rings (SSSR count). The van der Waals surface area contributed by atoms with Crippen LogP contribution in [0.5, 0.6) is 5.75 Å². The Bertz CT molecular complexity index is 958. The highest BCUT2D eigenvalue weighted by molar-refractivity contribution is 9.10. The average molecular weight is 513 g/mol. The van der Waals surface area contributed by atoms with Crippen molar-refractivity contribution < 1.29 is 22.7 Å². The van der Waals surface area contributed by atoms with Crippen LogP contribution < -0.4 is 10.1 Å². The van der Waals surface area contributed by atoms with E-state index in [2.05, 4.69) is 21.2 Å². The summed E-state index contributed by atoms with van der Waals surface area (Å²) < 4.78 is 38.6. The highest BCUT2D eigenvalue weighted by Crippen LogP contribution is 2.25. The summed E-state index contributed by atoms with van der Waals surface area (Å²) in [4.78, 5) is 13.0. The first-order valence-corrected chi connectivity index (χ1v) is 12.4. The molecule has 0 saturated carbocycles. The molecule has 1 N–H and O–H groups in total. The summed E-state index contributed by atoms with van der Waals surface area (Å²) in [5.41, 5.74) is 0.851. The molecule has 0 aliphatic carbocycles. The summed E-state index contributed by atoms with van der Waals surface area (Å²) in [7, 11) is -1.99. The predicted octanol–water partition coefficient (Wildman–Crippen LogP) is 4.54. The van der Waals surface area contributed by atoms with E-state index < -0.39 is 10.0 Å². The van der Waals surface area contributed by atoms with Gasteiger partial charge in [0.1, 0.15) is 12.4 Å². The van der Waals surface area contributed by atoms with E-state index in [-0.39, 0.29) is 10.8 Å². The highest BCUT2D eigenvalue weighted by atomic mass is 79.9. The van der Waals surface area contributed by atoms with E-state index in [0.29, 0.717) is 43.3 Å². The lowest BCUT2D eigenvalue weighted by atomic mass is 10.2. The summed E-state index contributed by atoms with van der Waals surface area (Å²) in [6.45, 7) is 5.57. The molecule has 0 atom stereocenters. The van der Waals surface area contributed by atoms with Crippen LogP contribution in [0.3, 0.4) is 0 Å². The van der Waals surface area contributed by atoms with E-state index in [1.807, 2.05) is 13.8 Å². The Labute approximate surface area is 192 Å². The highest BCUT2D eigenvalue weighted by Gasteiger charge is 2.23. The van der Waals surface area contributed by atoms with Crippen LogP contribution >= 0.6 is 15.9 Å². The summed E-state index contributed by atoms with van der Waals surface area (Å²) in [6.07, 6.45) is 1.49. The zero-order chi connectivity index (χ0) is 22.9. The van der Waals surface area contributed by atoms with Gasteiger partial charge in [-0.05, 0) is 55.3 Å². The molecule has 0 spiro atoms. The standard InChI is InChI=1S/C22H29BrN2O5S/c1-4-12-25(13-5-2)31(27,28)19-9-7-18(8-10-19)24-22(26)20-16-17(23)6-11-21(20)30-15-14-29-3/h6-11,16H,4-5,12-15H2,1-3H3,(H,24,26). The van der Waals surface area contributed by atoms with Gasteiger partial charge < -0.3 is 14.8 Å². The van der Waals surface area contributed by atoms with Crippen LogP contribution in [0.2, 0.25) is 0 Å². The molecule has 0 radical (unpaired) electrons. The summed E-state index contributed by atoms with van der Waals surface area (Å²) >= 11 is 3.37. The Morgan fingerprint density at radius 3 is 2.26 bits per heavy atom. The second kappa shape index (κ2) is 12.2. The van der Waals surface area contributed by atoms with Crippen LogP contribution in [0.4, 0.5) is 5.69 Å². The molecule has 0 aliphatic heterocycles. The van der Waals surface area contributed by atoms with Crippen LogP contribution in [-0.2, 0) is 14.8 Å². The van der Waals surface area contributed by atoms with Crippen molar-refractivity contribution in [1.29, 1.82) is 0 Å². The van der Waals surface area contributed by atoms with Crippen molar-refractivity contribution in [3.05, 3.63) is 52.5 Å². The fourth-order valence-electron chi connectivity index (χ4n) is 2.95. The number of amides is 1. The lowest BCUT2D eigenvalue weighted by Gasteiger charge is -2.21. The number of nitrogens with one attached hydrogen (secondary N) is 1. The zero-order valence-electron chi connectivity index (χ0n) is 18.1. The van der Waals surface area contributed by atoms with Crippen LogP contribution in [0.1, 0.15) is 37.0 Å². The van der Waals surface area contributed by atoms with Crippen LogP contribution in [-0.4, -0.2) is 52.0 Å². The molecular weight excluding hydrogens is 484 g/mol. The topological polar surface area (TPSA) is 84.9 Å². The third kappa shape index (κ3) is 7.03. The lowest BCUT2D eigenvalue weighted by molar-refractivity contribution is 0.101. The minimum Gasteiger partial charge on any atom is -0.490 e. The first-order valence-electron chi connectivity index (χ1n) is 10.2. The maximum atomic E-state index is 12.9. The van der Waals surface area contributed by atoms with Crippen LogP contribution in [0, 0.1) is 0 Å². The largest absolute Gasteiger partial charge is 0.490 e. The molecule has 0 heterocycles. The summed E-state index contributed by atoms with van der Waals surface area (Å²) in [6, 6.07) is 11.4. The van der Waals surface area contributed by atoms with Crippen molar-refractivity contribution in [3.8, 4) is 5.75 Å². The number of hydrogen-bond donors (Lipinski definition) is 1. The molecule has 0 aromatic heterocycles. The van der Waals surface area contributed by atoms with E-state index >= 15 is 0 Å². The number of anilines is 1. The first kappa shape index (κ1) is 25.3. The van der Waals surface area contributed by atoms with Crippen molar-refractivity contribution in [2.24, 2.45) is 0 Å². The quantitative estimate of drug-likeness (QED) is 0.422. The number of carbonyl (C=O) groups excluding carboxylic acids is 1. The van der Waals surface area contributed by atoms with Gasteiger partial charge in [-0.3, -0.25) is 4.79 Å². The predicted molar refractivity (Wildman–Crippen MR) is 125 cm³/mol. The van der Waals surface area contributed by atoms with Crippen molar-refractivity contribution in [2.75, 3.05) is 38.7 Å². The molecule has 2 aromatic rings. The molecule has 2 aromatic carbocycles. The van der Waals surface area contributed by atoms with Gasteiger partial charge >= 0.3 is 0 Å². The van der Waals surface area contributed by atoms with Crippen LogP contribution in [0.15, 0.2) is 51.8 Å². The monoisotopic (exact) mass is 512 g/mol. The molecule has 170 valence electrons. The van der Waals surface area contributed by atoms with E-state index in [0.717, 1.165) is 17.3 Å². The third-order valence-electron chi connectivity index (χ3n) is 4.43. The molecule has 0 unspecified atom stereocenters. The van der Waals surface area contributed by atoms with Crippen molar-refractivity contribution >= 4 is 37.5 Å². The van der Waals surface area contributed by atoms with Gasteiger partial charge in [-0.15, -0.1) is 0 Å². The van der Waals surface area contributed by atoms with Gasteiger partial charge in [0.05, 0.1) is 17.1 Å². The summed E-state index contributed by atoms with van der Waals surface area (Å²) in [5.74, 6) is 0.0784. The van der Waals surface area contributed by atoms with E-state index in [9.17, 15) is 13.2 Å². The molecule has 7 nitrogen and oxygen atoms in total. The Morgan fingerprint density at radius 2 is 1.68 bits per heavy atom. The molecule has 9 heteroatoms. The van der Waals surface area contributed by atoms with Crippen molar-refractivity contribution in [1.82, 2.24) is 4.31 Å². The van der Waals surface area contributed by atoms with Crippen LogP contribution in [0.25, 0.3) is 0 Å². The smallest absolute Gasteiger partial charge is 0.259 e. The second-order valence-electron chi connectivity index (χ2n) is 6.86. The van der Waals surface area contributed by atoms with E-state index in [1.54, 1.807) is 37.4 Å². The zero-order valence-corrected chi connectivity index (χ0v) is 20.5. The number of nitrogens with zero attached hydrogens (tertiary/aromatic N) is 1. The lowest BCUT2D eigenvalue weighted by Crippen LogP contribution is -2.32. The maximum Gasteiger partial charge on any atom is 0.259 e. The Kier molecular flexibility index (Phi) is 9.95. The molecule has 0 aliphatic rings. The Morgan fingerprint density at radius 1 is 1.03 bits per heavy atom. The van der Waals surface area contributed by atoms with Crippen molar-refractivity contribution in [3.63, 3.8) is 0 Å². The van der Waals surface area contributed by atoms with E-state index in [4.69, 9.17) is 9.47 Å². The number of sulfonamides is 1. The normalized spacial score (nSPS) is 11.5. The third-order valence-corrected chi connectivity index (χ3v) is 6.83. The summed E-state index contributed by atoms with van der Waals surface area (Å²) in [5, 5.41) is 2.80. The number of halogens is 1. The SMILES string of the molecule is CCCN(CCC)S(=O)(=O)c1ccc(NC(=O)c2cc(Br)ccc2OCCOC)cc1. The maximum absolute atomic E-state index is 12.9. The minimum atomic E-state index is -3.57. The fourth-order valence-corrected chi connectivity index (χ4v) is 4.93. The van der Waals surface area contributed by atoms with Crippen molar-refractivity contribution in [2.45, 2.75) is 31.6 Å². The molecule has 0 fully saturated rings. The van der Waals surface area contributed by atoms with Gasteiger partial charge in [0, 0.05) is 30.4 Å². The number of benzene rings is 2. The molecule has 0 bridgehead atoms. The first-order chi connectivity index (χ1) is 14.8. The van der Waals surface area contributed by atoms with Gasteiger partial charge in [-0.2, -0.15) is 4.31 Å². The van der Waals surface area contributed by atoms with E-state index in [1.165, 1.54) is 16.4 Å². The molecule has 1 amide bonds.